The van der Waals surface area contributed by atoms with Crippen molar-refractivity contribution < 1.29 is 24.2 Å². The summed E-state index contributed by atoms with van der Waals surface area (Å²) in [5.41, 5.74) is 2.71. The molecule has 6 nitrogen and oxygen atoms in total. The molecule has 1 amide bonds. The van der Waals surface area contributed by atoms with Crippen LogP contribution in [-0.2, 0) is 15.0 Å². The molecule has 0 saturated carbocycles. The van der Waals surface area contributed by atoms with Crippen molar-refractivity contribution in [2.24, 2.45) is 0 Å². The fourth-order valence-corrected chi connectivity index (χ4v) is 4.40. The number of methoxy groups -OCH3 is 1. The van der Waals surface area contributed by atoms with Crippen molar-refractivity contribution in [2.45, 2.75) is 39.2 Å². The lowest BCUT2D eigenvalue weighted by Gasteiger charge is -2.27. The first-order chi connectivity index (χ1) is 17.2. The van der Waals surface area contributed by atoms with E-state index >= 15 is 0 Å². The van der Waals surface area contributed by atoms with Gasteiger partial charge >= 0.3 is 0 Å². The van der Waals surface area contributed by atoms with Crippen LogP contribution in [0, 0.1) is 0 Å². The van der Waals surface area contributed by atoms with Gasteiger partial charge in [0.2, 0.25) is 0 Å². The Labute approximate surface area is 211 Å². The quantitative estimate of drug-likeness (QED) is 0.263. The monoisotopic (exact) mass is 485 g/mol. The first-order valence-corrected chi connectivity index (χ1v) is 11.9. The Morgan fingerprint density at radius 3 is 2.25 bits per heavy atom. The van der Waals surface area contributed by atoms with Gasteiger partial charge in [0.05, 0.1) is 25.3 Å². The molecule has 3 aromatic rings. The average molecular weight is 486 g/mol. The van der Waals surface area contributed by atoms with Crippen LogP contribution in [0.3, 0.4) is 0 Å². The second-order valence-corrected chi connectivity index (χ2v) is 9.70. The molecule has 0 spiro atoms. The van der Waals surface area contributed by atoms with Crippen molar-refractivity contribution in [1.82, 2.24) is 0 Å². The van der Waals surface area contributed by atoms with Crippen molar-refractivity contribution >= 4 is 23.1 Å². The third-order valence-electron chi connectivity index (χ3n) is 6.29. The van der Waals surface area contributed by atoms with Gasteiger partial charge in [-0.15, -0.1) is 0 Å². The highest BCUT2D eigenvalue weighted by molar-refractivity contribution is 6.51. The SMILES string of the molecule is CCOc1cccc(/C(O)=C2\C(=O)C(=O)N(c3cccc(OC)c3)C2c2ccc(C(C)(C)C)cc2)c1. The Kier molecular flexibility index (Phi) is 6.88. The number of ether oxygens (including phenoxy) is 2. The lowest BCUT2D eigenvalue weighted by Crippen LogP contribution is -2.29. The fraction of sp³-hybridized carbons (Fsp3) is 0.267. The van der Waals surface area contributed by atoms with Crippen molar-refractivity contribution in [3.05, 3.63) is 95.1 Å². The molecule has 1 aliphatic rings. The Bertz CT molecular complexity index is 1320. The maximum atomic E-state index is 13.4. The molecule has 186 valence electrons. The van der Waals surface area contributed by atoms with Crippen LogP contribution in [-0.4, -0.2) is 30.5 Å². The van der Waals surface area contributed by atoms with Gasteiger partial charge in [0, 0.05) is 17.3 Å². The zero-order valence-corrected chi connectivity index (χ0v) is 21.2. The molecule has 3 aromatic carbocycles. The largest absolute Gasteiger partial charge is 0.507 e. The second-order valence-electron chi connectivity index (χ2n) is 9.70. The average Bonchev–Trinajstić information content (AvgIpc) is 3.14. The minimum absolute atomic E-state index is 0.0278. The first-order valence-electron chi connectivity index (χ1n) is 11.9. The number of hydrogen-bond acceptors (Lipinski definition) is 5. The summed E-state index contributed by atoms with van der Waals surface area (Å²) >= 11 is 0. The topological polar surface area (TPSA) is 76.1 Å². The van der Waals surface area contributed by atoms with Gasteiger partial charge in [0.15, 0.2) is 0 Å². The first kappa shape index (κ1) is 25.0. The highest BCUT2D eigenvalue weighted by atomic mass is 16.5. The van der Waals surface area contributed by atoms with Crippen LogP contribution < -0.4 is 14.4 Å². The van der Waals surface area contributed by atoms with Gasteiger partial charge in [-0.25, -0.2) is 0 Å². The van der Waals surface area contributed by atoms with Crippen molar-refractivity contribution in [1.29, 1.82) is 0 Å². The van der Waals surface area contributed by atoms with Crippen LogP contribution in [0.5, 0.6) is 11.5 Å². The number of rotatable bonds is 6. The van der Waals surface area contributed by atoms with Gasteiger partial charge in [0.1, 0.15) is 17.3 Å². The molecule has 1 unspecified atom stereocenters. The minimum atomic E-state index is -0.818. The molecule has 6 heteroatoms. The van der Waals surface area contributed by atoms with E-state index in [0.717, 1.165) is 5.56 Å². The van der Waals surface area contributed by atoms with Crippen LogP contribution in [0.4, 0.5) is 5.69 Å². The molecule has 1 N–H and O–H groups in total. The van der Waals surface area contributed by atoms with Crippen LogP contribution in [0.1, 0.15) is 50.4 Å². The molecule has 4 rings (SSSR count). The van der Waals surface area contributed by atoms with Gasteiger partial charge in [-0.1, -0.05) is 63.2 Å². The number of amides is 1. The highest BCUT2D eigenvalue weighted by Gasteiger charge is 2.47. The van der Waals surface area contributed by atoms with Gasteiger partial charge < -0.3 is 14.6 Å². The zero-order valence-electron chi connectivity index (χ0n) is 21.2. The highest BCUT2D eigenvalue weighted by Crippen LogP contribution is 2.43. The molecule has 36 heavy (non-hydrogen) atoms. The molecule has 0 aromatic heterocycles. The smallest absolute Gasteiger partial charge is 0.300 e. The maximum Gasteiger partial charge on any atom is 0.300 e. The fourth-order valence-electron chi connectivity index (χ4n) is 4.40. The predicted molar refractivity (Wildman–Crippen MR) is 141 cm³/mol. The van der Waals surface area contributed by atoms with Gasteiger partial charge in [0.25, 0.3) is 11.7 Å². The standard InChI is InChI=1S/C30H31NO5/c1-6-36-24-12-7-9-20(17-24)27(32)25-26(19-13-15-21(16-14-19)30(2,3)4)31(29(34)28(25)33)22-10-8-11-23(18-22)35-5/h7-18,26,32H,6H2,1-5H3/b27-25+. The number of hydrogen-bond donors (Lipinski definition) is 1. The van der Waals surface area contributed by atoms with Crippen LogP contribution in [0.2, 0.25) is 0 Å². The summed E-state index contributed by atoms with van der Waals surface area (Å²) in [6.45, 7) is 8.69. The van der Waals surface area contributed by atoms with E-state index in [4.69, 9.17) is 9.47 Å². The van der Waals surface area contributed by atoms with E-state index in [0.29, 0.717) is 34.9 Å². The maximum absolute atomic E-state index is 13.4. The molecule has 0 aliphatic carbocycles. The summed E-state index contributed by atoms with van der Waals surface area (Å²) in [6, 6.07) is 20.9. The summed E-state index contributed by atoms with van der Waals surface area (Å²) in [4.78, 5) is 28.2. The molecule has 1 fully saturated rings. The minimum Gasteiger partial charge on any atom is -0.507 e. The lowest BCUT2D eigenvalue weighted by molar-refractivity contribution is -0.132. The summed E-state index contributed by atoms with van der Waals surface area (Å²) in [7, 11) is 1.54. The van der Waals surface area contributed by atoms with E-state index < -0.39 is 17.7 Å². The summed E-state index contributed by atoms with van der Waals surface area (Å²) < 4.78 is 10.9. The predicted octanol–water partition coefficient (Wildman–Crippen LogP) is 6.02. The van der Waals surface area contributed by atoms with Gasteiger partial charge in [-0.05, 0) is 47.7 Å². The summed E-state index contributed by atoms with van der Waals surface area (Å²) in [6.07, 6.45) is 0. The molecule has 0 bridgehead atoms. The number of aliphatic hydroxyl groups excluding tert-OH is 1. The number of ketones is 1. The normalized spacial score (nSPS) is 17.4. The molecule has 1 heterocycles. The lowest BCUT2D eigenvalue weighted by atomic mass is 9.85. The van der Waals surface area contributed by atoms with Crippen molar-refractivity contribution in [3.8, 4) is 11.5 Å². The molecular formula is C30H31NO5. The molecule has 1 atom stereocenters. The van der Waals surface area contributed by atoms with E-state index in [1.807, 2.05) is 31.2 Å². The zero-order chi connectivity index (χ0) is 26.0. The molecule has 1 saturated heterocycles. The van der Waals surface area contributed by atoms with E-state index in [-0.39, 0.29) is 16.7 Å². The molecular weight excluding hydrogens is 454 g/mol. The Morgan fingerprint density at radius 2 is 1.61 bits per heavy atom. The van der Waals surface area contributed by atoms with E-state index in [1.54, 1.807) is 55.6 Å². The summed E-state index contributed by atoms with van der Waals surface area (Å²) in [5.74, 6) is -0.585. The van der Waals surface area contributed by atoms with E-state index in [1.165, 1.54) is 4.90 Å². The van der Waals surface area contributed by atoms with Crippen LogP contribution in [0.15, 0.2) is 78.4 Å². The number of benzene rings is 3. The van der Waals surface area contributed by atoms with Crippen LogP contribution in [0.25, 0.3) is 5.76 Å². The number of nitrogens with zero attached hydrogens (tertiary/aromatic N) is 1. The van der Waals surface area contributed by atoms with E-state index in [9.17, 15) is 14.7 Å². The third-order valence-corrected chi connectivity index (χ3v) is 6.29. The number of carbonyl (C=O) groups excluding carboxylic acids is 2. The molecule has 0 radical (unpaired) electrons. The third kappa shape index (κ3) is 4.71. The van der Waals surface area contributed by atoms with E-state index in [2.05, 4.69) is 20.8 Å². The van der Waals surface area contributed by atoms with Gasteiger partial charge in [-0.3, -0.25) is 14.5 Å². The second kappa shape index (κ2) is 9.90. The van der Waals surface area contributed by atoms with Gasteiger partial charge in [-0.2, -0.15) is 0 Å². The Morgan fingerprint density at radius 1 is 0.944 bits per heavy atom. The molecule has 1 aliphatic heterocycles. The van der Waals surface area contributed by atoms with Crippen molar-refractivity contribution in [3.63, 3.8) is 0 Å². The van der Waals surface area contributed by atoms with Crippen molar-refractivity contribution in [2.75, 3.05) is 18.6 Å². The summed E-state index contributed by atoms with van der Waals surface area (Å²) in [5, 5.41) is 11.4. The number of carbonyl (C=O) groups is 2. The number of anilines is 1. The Hall–Kier alpha value is -4.06. The van der Waals surface area contributed by atoms with Crippen LogP contribution >= 0.6 is 0 Å². The number of aliphatic hydroxyl groups is 1. The number of Topliss-reactive ketones (excluding diaryl/α,β-unsaturated/α-hetero) is 1. The Balaban J connectivity index is 1.92.